The fraction of sp³-hybridized carbons (Fsp3) is 0.174. The summed E-state index contributed by atoms with van der Waals surface area (Å²) in [5.74, 6) is 1.52. The van der Waals surface area contributed by atoms with Crippen molar-refractivity contribution in [2.24, 2.45) is 0 Å². The quantitative estimate of drug-likeness (QED) is 0.329. The van der Waals surface area contributed by atoms with Crippen LogP contribution in [0.3, 0.4) is 0 Å². The molecule has 10 heteroatoms. The van der Waals surface area contributed by atoms with E-state index in [0.29, 0.717) is 52.8 Å². The van der Waals surface area contributed by atoms with E-state index in [0.717, 1.165) is 21.6 Å². The van der Waals surface area contributed by atoms with Crippen molar-refractivity contribution in [3.05, 3.63) is 69.0 Å². The molecule has 5 rings (SSSR count). The molecule has 1 saturated heterocycles. The van der Waals surface area contributed by atoms with Gasteiger partial charge in [-0.2, -0.15) is 0 Å². The fourth-order valence-corrected chi connectivity index (χ4v) is 5.03. The zero-order chi connectivity index (χ0) is 22.9. The Bertz CT molecular complexity index is 1320. The maximum atomic E-state index is 12.8. The summed E-state index contributed by atoms with van der Waals surface area (Å²) >= 11 is 20.0. The van der Waals surface area contributed by atoms with Crippen molar-refractivity contribution in [1.29, 1.82) is 0 Å². The maximum absolute atomic E-state index is 12.8. The Hall–Kier alpha value is -2.58. The van der Waals surface area contributed by atoms with Gasteiger partial charge in [0.15, 0.2) is 5.82 Å². The number of thiophene rings is 1. The molecule has 0 saturated carbocycles. The largest absolute Gasteiger partial charge is 0.352 e. The molecule has 2 aromatic heterocycles. The van der Waals surface area contributed by atoms with Crippen molar-refractivity contribution in [1.82, 2.24) is 14.9 Å². The number of anilines is 2. The van der Waals surface area contributed by atoms with Crippen molar-refractivity contribution in [3.63, 3.8) is 0 Å². The Morgan fingerprint density at radius 3 is 2.42 bits per heavy atom. The topological polar surface area (TPSA) is 61.4 Å². The lowest BCUT2D eigenvalue weighted by molar-refractivity contribution is 0.208. The molecule has 33 heavy (non-hydrogen) atoms. The summed E-state index contributed by atoms with van der Waals surface area (Å²) < 4.78 is 0. The summed E-state index contributed by atoms with van der Waals surface area (Å²) in [6.07, 6.45) is 0. The number of benzene rings is 2. The Balaban J connectivity index is 1.36. The van der Waals surface area contributed by atoms with Crippen LogP contribution in [0.5, 0.6) is 0 Å². The molecule has 6 nitrogen and oxygen atoms in total. The first kappa shape index (κ1) is 22.2. The lowest BCUT2D eigenvalue weighted by Gasteiger charge is -2.36. The number of fused-ring (bicyclic) bond motifs is 1. The van der Waals surface area contributed by atoms with Crippen LogP contribution in [0.15, 0.2) is 53.9 Å². The Kier molecular flexibility index (Phi) is 6.29. The van der Waals surface area contributed by atoms with E-state index >= 15 is 0 Å². The number of hydrogen-bond acceptors (Lipinski definition) is 5. The predicted molar refractivity (Wildman–Crippen MR) is 137 cm³/mol. The second-order valence-corrected chi connectivity index (χ2v) is 9.77. The minimum absolute atomic E-state index is 0.197. The fourth-order valence-electron chi connectivity index (χ4n) is 3.75. The predicted octanol–water partition coefficient (Wildman–Crippen LogP) is 6.67. The van der Waals surface area contributed by atoms with Crippen LogP contribution < -0.4 is 10.2 Å². The van der Waals surface area contributed by atoms with Gasteiger partial charge in [-0.3, -0.25) is 0 Å². The maximum Gasteiger partial charge on any atom is 0.322 e. The molecule has 1 aliphatic rings. The van der Waals surface area contributed by atoms with Gasteiger partial charge in [0.05, 0.1) is 21.1 Å². The average Bonchev–Trinajstić information content (AvgIpc) is 3.35. The van der Waals surface area contributed by atoms with Gasteiger partial charge in [0.1, 0.15) is 5.82 Å². The van der Waals surface area contributed by atoms with Crippen LogP contribution in [-0.4, -0.2) is 47.1 Å². The molecule has 2 aromatic carbocycles. The normalized spacial score (nSPS) is 14.0. The molecule has 0 aliphatic carbocycles. The van der Waals surface area contributed by atoms with Gasteiger partial charge >= 0.3 is 6.03 Å². The summed E-state index contributed by atoms with van der Waals surface area (Å²) in [6.45, 7) is 2.37. The van der Waals surface area contributed by atoms with E-state index < -0.39 is 0 Å². The molecule has 1 N–H and O–H groups in total. The van der Waals surface area contributed by atoms with Crippen LogP contribution in [-0.2, 0) is 0 Å². The van der Waals surface area contributed by atoms with E-state index in [9.17, 15) is 4.79 Å². The van der Waals surface area contributed by atoms with Gasteiger partial charge in [-0.25, -0.2) is 14.8 Å². The minimum Gasteiger partial charge on any atom is -0.352 e. The van der Waals surface area contributed by atoms with Crippen molar-refractivity contribution >= 4 is 74.6 Å². The highest BCUT2D eigenvalue weighted by Crippen LogP contribution is 2.32. The van der Waals surface area contributed by atoms with Crippen molar-refractivity contribution < 1.29 is 4.79 Å². The van der Waals surface area contributed by atoms with Gasteiger partial charge in [-0.1, -0.05) is 40.9 Å². The summed E-state index contributed by atoms with van der Waals surface area (Å²) in [5.41, 5.74) is 1.33. The molecule has 0 bridgehead atoms. The van der Waals surface area contributed by atoms with E-state index in [1.165, 1.54) is 0 Å². The van der Waals surface area contributed by atoms with Gasteiger partial charge in [-0.15, -0.1) is 11.3 Å². The van der Waals surface area contributed by atoms with Gasteiger partial charge in [-0.05, 0) is 47.8 Å². The van der Waals surface area contributed by atoms with Crippen molar-refractivity contribution in [2.75, 3.05) is 36.4 Å². The monoisotopic (exact) mass is 517 g/mol. The number of urea groups is 1. The highest BCUT2D eigenvalue weighted by atomic mass is 35.5. The second kappa shape index (κ2) is 9.35. The number of nitrogens with one attached hydrogen (secondary N) is 1. The Morgan fingerprint density at radius 2 is 1.70 bits per heavy atom. The third-order valence-electron chi connectivity index (χ3n) is 5.42. The van der Waals surface area contributed by atoms with Gasteiger partial charge in [0.25, 0.3) is 0 Å². The molecule has 1 aliphatic heterocycles. The number of carbonyl (C=O) groups is 1. The lowest BCUT2D eigenvalue weighted by atomic mass is 10.2. The number of aromatic nitrogens is 2. The van der Waals surface area contributed by atoms with Crippen LogP contribution in [0.2, 0.25) is 15.1 Å². The zero-order valence-electron chi connectivity index (χ0n) is 17.3. The number of hydrogen-bond donors (Lipinski definition) is 1. The zero-order valence-corrected chi connectivity index (χ0v) is 20.3. The highest BCUT2D eigenvalue weighted by Gasteiger charge is 2.24. The van der Waals surface area contributed by atoms with Crippen molar-refractivity contribution in [3.8, 4) is 10.7 Å². The summed E-state index contributed by atoms with van der Waals surface area (Å²) in [7, 11) is 0. The first-order valence-corrected chi connectivity index (χ1v) is 12.3. The van der Waals surface area contributed by atoms with E-state index in [1.54, 1.807) is 34.4 Å². The van der Waals surface area contributed by atoms with Crippen LogP contribution in [0, 0.1) is 0 Å². The molecule has 168 valence electrons. The summed E-state index contributed by atoms with van der Waals surface area (Å²) in [5, 5.41) is 7.36. The van der Waals surface area contributed by atoms with Crippen LogP contribution in [0.25, 0.3) is 21.6 Å². The number of piperazine rings is 1. The Labute approximate surface area is 209 Å². The number of nitrogens with zero attached hydrogens (tertiary/aromatic N) is 4. The van der Waals surface area contributed by atoms with Gasteiger partial charge < -0.3 is 15.1 Å². The number of rotatable bonds is 3. The number of amides is 2. The molecule has 2 amide bonds. The van der Waals surface area contributed by atoms with Crippen LogP contribution in [0.1, 0.15) is 0 Å². The SMILES string of the molecule is O=C(Nc1ccc(Cl)cc1Cl)N1CCN(c2nc(-c3cccs3)nc3cc(Cl)ccc23)CC1. The van der Waals surface area contributed by atoms with E-state index in [2.05, 4.69) is 10.2 Å². The van der Waals surface area contributed by atoms with Gasteiger partial charge in [0, 0.05) is 41.6 Å². The molecule has 4 aromatic rings. The third-order valence-corrected chi connectivity index (χ3v) is 7.07. The molecule has 0 atom stereocenters. The van der Waals surface area contributed by atoms with Crippen LogP contribution in [0.4, 0.5) is 16.3 Å². The molecule has 1 fully saturated rings. The van der Waals surface area contributed by atoms with Gasteiger partial charge in [0.2, 0.25) is 0 Å². The first-order chi connectivity index (χ1) is 16.0. The third kappa shape index (κ3) is 4.73. The average molecular weight is 519 g/mol. The molecule has 3 heterocycles. The number of halogens is 3. The molecule has 0 unspecified atom stereocenters. The summed E-state index contributed by atoms with van der Waals surface area (Å²) in [6, 6.07) is 14.4. The van der Waals surface area contributed by atoms with E-state index in [-0.39, 0.29) is 6.03 Å². The first-order valence-electron chi connectivity index (χ1n) is 10.2. The molecular weight excluding hydrogens is 501 g/mol. The molecule has 0 radical (unpaired) electrons. The summed E-state index contributed by atoms with van der Waals surface area (Å²) in [4.78, 5) is 27.3. The standard InChI is InChI=1S/C23H18Cl3N5OS/c24-14-4-6-18(17(26)12-14)28-23(32)31-9-7-30(8-10-31)22-16-5-3-15(25)13-19(16)27-21(29-22)20-2-1-11-33-20/h1-6,11-13H,7-10H2,(H,28,32). The second-order valence-electron chi connectivity index (χ2n) is 7.54. The smallest absolute Gasteiger partial charge is 0.322 e. The van der Waals surface area contributed by atoms with Crippen molar-refractivity contribution in [2.45, 2.75) is 0 Å². The number of carbonyl (C=O) groups excluding carboxylic acids is 1. The highest BCUT2D eigenvalue weighted by molar-refractivity contribution is 7.13. The van der Waals surface area contributed by atoms with E-state index in [1.807, 2.05) is 35.7 Å². The lowest BCUT2D eigenvalue weighted by Crippen LogP contribution is -2.50. The molecular formula is C23H18Cl3N5OS. The minimum atomic E-state index is -0.197. The molecule has 0 spiro atoms. The Morgan fingerprint density at radius 1 is 0.939 bits per heavy atom. The van der Waals surface area contributed by atoms with E-state index in [4.69, 9.17) is 44.8 Å². The van der Waals surface area contributed by atoms with Crippen LogP contribution >= 0.6 is 46.1 Å².